The van der Waals surface area contributed by atoms with Crippen molar-refractivity contribution in [3.63, 3.8) is 0 Å². The smallest absolute Gasteiger partial charge is 0.0914 e. The van der Waals surface area contributed by atoms with Crippen molar-refractivity contribution in [3.05, 3.63) is 57.8 Å². The van der Waals surface area contributed by atoms with Crippen LogP contribution in [0, 0.1) is 5.92 Å². The van der Waals surface area contributed by atoms with E-state index in [-0.39, 0.29) is 0 Å². The Balaban J connectivity index is 1.81. The van der Waals surface area contributed by atoms with Crippen LogP contribution >= 0.6 is 11.3 Å². The highest BCUT2D eigenvalue weighted by Crippen LogP contribution is 2.16. The van der Waals surface area contributed by atoms with E-state index in [1.165, 1.54) is 10.4 Å². The topological polar surface area (TPSA) is 32.3 Å². The minimum atomic E-state index is -0.442. The van der Waals surface area contributed by atoms with Crippen LogP contribution in [-0.2, 0) is 13.0 Å². The number of aliphatic hydroxyl groups excluding tert-OH is 1. The van der Waals surface area contributed by atoms with Gasteiger partial charge in [-0.25, -0.2) is 0 Å². The van der Waals surface area contributed by atoms with Crippen molar-refractivity contribution < 1.29 is 5.11 Å². The minimum absolute atomic E-state index is 0.442. The minimum Gasteiger partial charge on any atom is -0.387 e. The van der Waals surface area contributed by atoms with Gasteiger partial charge in [0.15, 0.2) is 0 Å². The van der Waals surface area contributed by atoms with Gasteiger partial charge < -0.3 is 10.4 Å². The van der Waals surface area contributed by atoms with E-state index in [0.29, 0.717) is 12.5 Å². The van der Waals surface area contributed by atoms with E-state index in [2.05, 4.69) is 42.7 Å². The average molecular weight is 289 g/mol. The van der Waals surface area contributed by atoms with Gasteiger partial charge in [0.05, 0.1) is 6.10 Å². The first kappa shape index (κ1) is 15.2. The van der Waals surface area contributed by atoms with E-state index in [9.17, 15) is 5.11 Å². The monoisotopic (exact) mass is 289 g/mol. The molecule has 0 saturated carbocycles. The fourth-order valence-electron chi connectivity index (χ4n) is 2.21. The molecule has 0 aliphatic rings. The van der Waals surface area contributed by atoms with Gasteiger partial charge in [-0.1, -0.05) is 44.2 Å². The maximum absolute atomic E-state index is 10.2. The van der Waals surface area contributed by atoms with Crippen molar-refractivity contribution in [1.82, 2.24) is 5.32 Å². The molecule has 0 spiro atoms. The van der Waals surface area contributed by atoms with E-state index < -0.39 is 6.10 Å². The van der Waals surface area contributed by atoms with Gasteiger partial charge in [-0.15, -0.1) is 11.3 Å². The standard InChI is InChI=1S/C17H23NOS/c1-13(2)10-14-5-7-15(8-6-14)17(19)12-18-11-16-4-3-9-20-16/h3-9,13,17-19H,10-12H2,1-2H3. The maximum Gasteiger partial charge on any atom is 0.0914 e. The molecule has 3 heteroatoms. The van der Waals surface area contributed by atoms with Gasteiger partial charge in [0, 0.05) is 18.0 Å². The van der Waals surface area contributed by atoms with Crippen molar-refractivity contribution in [2.24, 2.45) is 5.92 Å². The van der Waals surface area contributed by atoms with Gasteiger partial charge in [-0.05, 0) is 34.9 Å². The van der Waals surface area contributed by atoms with E-state index in [1.54, 1.807) is 11.3 Å². The van der Waals surface area contributed by atoms with Gasteiger partial charge in [0.2, 0.25) is 0 Å². The first-order valence-corrected chi connectivity index (χ1v) is 8.03. The van der Waals surface area contributed by atoms with Gasteiger partial charge in [0.1, 0.15) is 0 Å². The van der Waals surface area contributed by atoms with Crippen LogP contribution in [0.4, 0.5) is 0 Å². The van der Waals surface area contributed by atoms with Crippen LogP contribution < -0.4 is 5.32 Å². The van der Waals surface area contributed by atoms with Crippen LogP contribution in [0.5, 0.6) is 0 Å². The van der Waals surface area contributed by atoms with E-state index in [1.807, 2.05) is 18.2 Å². The normalized spacial score (nSPS) is 12.8. The molecule has 2 nitrogen and oxygen atoms in total. The molecule has 2 rings (SSSR count). The molecule has 1 heterocycles. The van der Waals surface area contributed by atoms with Crippen LogP contribution in [0.15, 0.2) is 41.8 Å². The van der Waals surface area contributed by atoms with Crippen LogP contribution in [0.3, 0.4) is 0 Å². The summed E-state index contributed by atoms with van der Waals surface area (Å²) in [7, 11) is 0. The lowest BCUT2D eigenvalue weighted by atomic mass is 10.0. The molecule has 0 aliphatic carbocycles. The Labute approximate surface area is 125 Å². The number of thiophene rings is 1. The Morgan fingerprint density at radius 1 is 1.15 bits per heavy atom. The second-order valence-electron chi connectivity index (χ2n) is 5.57. The highest BCUT2D eigenvalue weighted by molar-refractivity contribution is 7.09. The summed E-state index contributed by atoms with van der Waals surface area (Å²) in [6.45, 7) is 5.84. The molecule has 20 heavy (non-hydrogen) atoms. The van der Waals surface area contributed by atoms with Gasteiger partial charge >= 0.3 is 0 Å². The van der Waals surface area contributed by atoms with Crippen LogP contribution in [0.2, 0.25) is 0 Å². The van der Waals surface area contributed by atoms with Crippen LogP contribution in [-0.4, -0.2) is 11.7 Å². The van der Waals surface area contributed by atoms with Crippen LogP contribution in [0.1, 0.15) is 36.0 Å². The number of benzene rings is 1. The summed E-state index contributed by atoms with van der Waals surface area (Å²) in [6.07, 6.45) is 0.649. The van der Waals surface area contributed by atoms with Gasteiger partial charge in [0.25, 0.3) is 0 Å². The van der Waals surface area contributed by atoms with E-state index in [4.69, 9.17) is 0 Å². The summed E-state index contributed by atoms with van der Waals surface area (Å²) in [4.78, 5) is 1.30. The first-order chi connectivity index (χ1) is 9.65. The van der Waals surface area contributed by atoms with Crippen molar-refractivity contribution in [3.8, 4) is 0 Å². The average Bonchev–Trinajstić information content (AvgIpc) is 2.92. The third-order valence-corrected chi connectivity index (χ3v) is 4.10. The third-order valence-electron chi connectivity index (χ3n) is 3.23. The zero-order valence-electron chi connectivity index (χ0n) is 12.2. The molecule has 2 N–H and O–H groups in total. The Hall–Kier alpha value is -1.16. The molecule has 108 valence electrons. The van der Waals surface area contributed by atoms with Gasteiger partial charge in [-0.3, -0.25) is 0 Å². The Morgan fingerprint density at radius 2 is 1.90 bits per heavy atom. The molecule has 0 fully saturated rings. The first-order valence-electron chi connectivity index (χ1n) is 7.15. The number of hydrogen-bond acceptors (Lipinski definition) is 3. The Bertz CT molecular complexity index is 490. The zero-order valence-corrected chi connectivity index (χ0v) is 13.0. The SMILES string of the molecule is CC(C)Cc1ccc(C(O)CNCc2cccs2)cc1. The Kier molecular flexibility index (Phi) is 5.77. The Morgan fingerprint density at radius 3 is 2.50 bits per heavy atom. The van der Waals surface area contributed by atoms with Crippen molar-refractivity contribution in [2.45, 2.75) is 32.9 Å². The lowest BCUT2D eigenvalue weighted by Crippen LogP contribution is -2.20. The quantitative estimate of drug-likeness (QED) is 0.813. The lowest BCUT2D eigenvalue weighted by Gasteiger charge is -2.13. The van der Waals surface area contributed by atoms with Crippen LogP contribution in [0.25, 0.3) is 0 Å². The summed E-state index contributed by atoms with van der Waals surface area (Å²) < 4.78 is 0. The van der Waals surface area contributed by atoms with E-state index >= 15 is 0 Å². The number of aliphatic hydroxyl groups is 1. The van der Waals surface area contributed by atoms with Crippen molar-refractivity contribution in [1.29, 1.82) is 0 Å². The molecule has 0 amide bonds. The largest absolute Gasteiger partial charge is 0.387 e. The summed E-state index contributed by atoms with van der Waals surface area (Å²) in [5, 5.41) is 15.5. The number of hydrogen-bond donors (Lipinski definition) is 2. The summed E-state index contributed by atoms with van der Waals surface area (Å²) in [6, 6.07) is 12.5. The second kappa shape index (κ2) is 7.58. The van der Waals surface area contributed by atoms with Crippen molar-refractivity contribution >= 4 is 11.3 Å². The van der Waals surface area contributed by atoms with Gasteiger partial charge in [-0.2, -0.15) is 0 Å². The predicted molar refractivity (Wildman–Crippen MR) is 86.0 cm³/mol. The maximum atomic E-state index is 10.2. The molecule has 0 bridgehead atoms. The highest BCUT2D eigenvalue weighted by atomic mass is 32.1. The van der Waals surface area contributed by atoms with E-state index in [0.717, 1.165) is 18.5 Å². The molecule has 1 aromatic carbocycles. The molecular weight excluding hydrogens is 266 g/mol. The summed E-state index contributed by atoms with van der Waals surface area (Å²) >= 11 is 1.73. The molecular formula is C17H23NOS. The molecule has 0 aliphatic heterocycles. The second-order valence-corrected chi connectivity index (χ2v) is 6.60. The fourth-order valence-corrected chi connectivity index (χ4v) is 2.88. The molecule has 1 atom stereocenters. The molecule has 0 radical (unpaired) electrons. The molecule has 0 saturated heterocycles. The zero-order chi connectivity index (χ0) is 14.4. The molecule has 1 aromatic heterocycles. The molecule has 1 unspecified atom stereocenters. The highest BCUT2D eigenvalue weighted by Gasteiger charge is 2.07. The predicted octanol–water partition coefficient (Wildman–Crippen LogP) is 3.77. The number of rotatable bonds is 7. The third kappa shape index (κ3) is 4.75. The molecule has 2 aromatic rings. The summed E-state index contributed by atoms with van der Waals surface area (Å²) in [5.41, 5.74) is 2.32. The number of nitrogens with one attached hydrogen (secondary N) is 1. The fraction of sp³-hybridized carbons (Fsp3) is 0.412. The summed E-state index contributed by atoms with van der Waals surface area (Å²) in [5.74, 6) is 0.665. The van der Waals surface area contributed by atoms with Crippen molar-refractivity contribution in [2.75, 3.05) is 6.54 Å². The lowest BCUT2D eigenvalue weighted by molar-refractivity contribution is 0.174.